The van der Waals surface area contributed by atoms with Crippen molar-refractivity contribution in [2.24, 2.45) is 5.10 Å². The number of hydrazone groups is 1. The molecule has 0 bridgehead atoms. The van der Waals surface area contributed by atoms with Crippen molar-refractivity contribution in [3.8, 4) is 17.2 Å². The molecule has 27 heavy (non-hydrogen) atoms. The van der Waals surface area contributed by atoms with Gasteiger partial charge in [-0.2, -0.15) is 5.10 Å². The Kier molecular flexibility index (Phi) is 5.96. The van der Waals surface area contributed by atoms with Crippen molar-refractivity contribution in [2.75, 3.05) is 0 Å². The number of nitrogens with zero attached hydrogens (tertiary/aromatic N) is 1. The number of aromatic hydroxyl groups is 1. The molecule has 1 amide bonds. The standard InChI is InChI=1S/C20H14Cl2N2O3/c21-17-10-14(11-18(22)19(17)25)20(26)24-23-12-13-5-4-8-16(9-13)27-15-6-2-1-3-7-15/h1-12,25H,(H,24,26)/b23-12-. The first kappa shape index (κ1) is 18.8. The lowest BCUT2D eigenvalue weighted by Crippen LogP contribution is -2.17. The Balaban J connectivity index is 1.66. The smallest absolute Gasteiger partial charge is 0.271 e. The number of para-hydroxylation sites is 1. The van der Waals surface area contributed by atoms with Crippen LogP contribution in [0.15, 0.2) is 71.8 Å². The number of hydrogen-bond donors (Lipinski definition) is 2. The molecule has 0 aliphatic carbocycles. The number of halogens is 2. The number of ether oxygens (including phenoxy) is 1. The average molecular weight is 401 g/mol. The van der Waals surface area contributed by atoms with Crippen LogP contribution in [0.4, 0.5) is 0 Å². The van der Waals surface area contributed by atoms with Gasteiger partial charge in [0, 0.05) is 5.56 Å². The van der Waals surface area contributed by atoms with Gasteiger partial charge in [-0.15, -0.1) is 0 Å². The number of phenolic OH excluding ortho intramolecular Hbond substituents is 1. The van der Waals surface area contributed by atoms with Crippen LogP contribution in [-0.4, -0.2) is 17.2 Å². The summed E-state index contributed by atoms with van der Waals surface area (Å²) in [4.78, 5) is 12.1. The Bertz CT molecular complexity index is 969. The Hall–Kier alpha value is -3.02. The van der Waals surface area contributed by atoms with Gasteiger partial charge in [0.1, 0.15) is 11.5 Å². The Morgan fingerprint density at radius 2 is 1.63 bits per heavy atom. The summed E-state index contributed by atoms with van der Waals surface area (Å²) in [6.45, 7) is 0. The second-order valence-electron chi connectivity index (χ2n) is 5.48. The Labute approximate surface area is 165 Å². The van der Waals surface area contributed by atoms with Gasteiger partial charge in [-0.05, 0) is 42.0 Å². The van der Waals surface area contributed by atoms with E-state index in [0.29, 0.717) is 5.75 Å². The van der Waals surface area contributed by atoms with E-state index in [-0.39, 0.29) is 21.4 Å². The van der Waals surface area contributed by atoms with Crippen LogP contribution in [0.5, 0.6) is 17.2 Å². The van der Waals surface area contributed by atoms with Crippen molar-refractivity contribution in [1.29, 1.82) is 0 Å². The highest BCUT2D eigenvalue weighted by Crippen LogP contribution is 2.32. The fourth-order valence-corrected chi connectivity index (χ4v) is 2.70. The molecule has 3 aromatic carbocycles. The van der Waals surface area contributed by atoms with E-state index in [9.17, 15) is 9.90 Å². The van der Waals surface area contributed by atoms with Gasteiger partial charge in [0.25, 0.3) is 5.91 Å². The maximum absolute atomic E-state index is 12.1. The van der Waals surface area contributed by atoms with E-state index < -0.39 is 5.91 Å². The minimum atomic E-state index is -0.508. The van der Waals surface area contributed by atoms with E-state index in [0.717, 1.165) is 11.3 Å². The van der Waals surface area contributed by atoms with Crippen molar-refractivity contribution in [1.82, 2.24) is 5.43 Å². The van der Waals surface area contributed by atoms with E-state index in [4.69, 9.17) is 27.9 Å². The van der Waals surface area contributed by atoms with Gasteiger partial charge in [-0.3, -0.25) is 4.79 Å². The number of nitrogens with one attached hydrogen (secondary N) is 1. The molecule has 0 unspecified atom stereocenters. The highest BCUT2D eigenvalue weighted by molar-refractivity contribution is 6.37. The molecule has 7 heteroatoms. The summed E-state index contributed by atoms with van der Waals surface area (Å²) in [5.74, 6) is 0.593. The van der Waals surface area contributed by atoms with Crippen LogP contribution in [0.1, 0.15) is 15.9 Å². The third kappa shape index (κ3) is 5.00. The van der Waals surface area contributed by atoms with E-state index in [2.05, 4.69) is 10.5 Å². The average Bonchev–Trinajstić information content (AvgIpc) is 2.67. The molecule has 3 rings (SSSR count). The predicted octanol–water partition coefficient (Wildman–Crippen LogP) is 5.26. The zero-order valence-corrected chi connectivity index (χ0v) is 15.4. The summed E-state index contributed by atoms with van der Waals surface area (Å²) in [5, 5.41) is 13.4. The minimum Gasteiger partial charge on any atom is -0.505 e. The number of benzene rings is 3. The Morgan fingerprint density at radius 3 is 2.33 bits per heavy atom. The molecule has 0 atom stereocenters. The fourth-order valence-electron chi connectivity index (χ4n) is 2.21. The quantitative estimate of drug-likeness (QED) is 0.453. The molecule has 0 heterocycles. The lowest BCUT2D eigenvalue weighted by molar-refractivity contribution is 0.0955. The lowest BCUT2D eigenvalue weighted by atomic mass is 10.2. The van der Waals surface area contributed by atoms with Gasteiger partial charge < -0.3 is 9.84 Å². The van der Waals surface area contributed by atoms with Crippen molar-refractivity contribution in [2.45, 2.75) is 0 Å². The first-order valence-electron chi connectivity index (χ1n) is 7.87. The van der Waals surface area contributed by atoms with Crippen molar-refractivity contribution < 1.29 is 14.6 Å². The molecule has 0 spiro atoms. The number of hydrogen-bond acceptors (Lipinski definition) is 4. The highest BCUT2D eigenvalue weighted by atomic mass is 35.5. The molecular weight excluding hydrogens is 387 g/mol. The fraction of sp³-hybridized carbons (Fsp3) is 0. The SMILES string of the molecule is O=C(N/N=C\c1cccc(Oc2ccccc2)c1)c1cc(Cl)c(O)c(Cl)c1. The van der Waals surface area contributed by atoms with Gasteiger partial charge in [-0.1, -0.05) is 53.5 Å². The molecule has 0 fully saturated rings. The summed E-state index contributed by atoms with van der Waals surface area (Å²) < 4.78 is 5.75. The van der Waals surface area contributed by atoms with Gasteiger partial charge in [-0.25, -0.2) is 5.43 Å². The molecule has 0 aliphatic heterocycles. The number of phenols is 1. The third-order valence-corrected chi connectivity index (χ3v) is 4.07. The van der Waals surface area contributed by atoms with Crippen molar-refractivity contribution >= 4 is 35.3 Å². The monoisotopic (exact) mass is 400 g/mol. The third-order valence-electron chi connectivity index (χ3n) is 3.50. The van der Waals surface area contributed by atoms with Crippen LogP contribution in [0, 0.1) is 0 Å². The molecule has 136 valence electrons. The number of carbonyl (C=O) groups is 1. The van der Waals surface area contributed by atoms with Gasteiger partial charge in [0.15, 0.2) is 5.75 Å². The summed E-state index contributed by atoms with van der Waals surface area (Å²) in [7, 11) is 0. The van der Waals surface area contributed by atoms with Crippen molar-refractivity contribution in [3.05, 3.63) is 87.9 Å². The van der Waals surface area contributed by atoms with Crippen LogP contribution >= 0.6 is 23.2 Å². The molecule has 3 aromatic rings. The summed E-state index contributed by atoms with van der Waals surface area (Å²) in [6, 6.07) is 19.3. The molecule has 5 nitrogen and oxygen atoms in total. The Morgan fingerprint density at radius 1 is 0.963 bits per heavy atom. The molecule has 0 radical (unpaired) electrons. The van der Waals surface area contributed by atoms with Crippen molar-refractivity contribution in [3.63, 3.8) is 0 Å². The predicted molar refractivity (Wildman–Crippen MR) is 106 cm³/mol. The normalized spacial score (nSPS) is 10.7. The van der Waals surface area contributed by atoms with Crippen LogP contribution in [-0.2, 0) is 0 Å². The van der Waals surface area contributed by atoms with E-state index in [1.165, 1.54) is 18.3 Å². The van der Waals surface area contributed by atoms with Gasteiger partial charge in [0.2, 0.25) is 0 Å². The zero-order chi connectivity index (χ0) is 19.2. The first-order chi connectivity index (χ1) is 13.0. The molecular formula is C20H14Cl2N2O3. The van der Waals surface area contributed by atoms with Crippen LogP contribution < -0.4 is 10.2 Å². The van der Waals surface area contributed by atoms with Crippen LogP contribution in [0.2, 0.25) is 10.0 Å². The van der Waals surface area contributed by atoms with E-state index >= 15 is 0 Å². The molecule has 0 aliphatic rings. The first-order valence-corrected chi connectivity index (χ1v) is 8.63. The topological polar surface area (TPSA) is 70.9 Å². The molecule has 0 saturated heterocycles. The second kappa shape index (κ2) is 8.58. The van der Waals surface area contributed by atoms with Crippen LogP contribution in [0.3, 0.4) is 0 Å². The van der Waals surface area contributed by atoms with Gasteiger partial charge in [0.05, 0.1) is 16.3 Å². The molecule has 0 aromatic heterocycles. The largest absolute Gasteiger partial charge is 0.505 e. The second-order valence-corrected chi connectivity index (χ2v) is 6.29. The molecule has 2 N–H and O–H groups in total. The summed E-state index contributed by atoms with van der Waals surface area (Å²) >= 11 is 11.6. The van der Waals surface area contributed by atoms with Gasteiger partial charge >= 0.3 is 0 Å². The zero-order valence-electron chi connectivity index (χ0n) is 13.9. The highest BCUT2D eigenvalue weighted by Gasteiger charge is 2.11. The minimum absolute atomic E-state index is 0.0117. The summed E-state index contributed by atoms with van der Waals surface area (Å²) in [6.07, 6.45) is 1.49. The number of carbonyl (C=O) groups excluding carboxylic acids is 1. The lowest BCUT2D eigenvalue weighted by Gasteiger charge is -2.06. The maximum atomic E-state index is 12.1. The van der Waals surface area contributed by atoms with E-state index in [1.54, 1.807) is 6.07 Å². The number of rotatable bonds is 5. The van der Waals surface area contributed by atoms with Crippen LogP contribution in [0.25, 0.3) is 0 Å². The summed E-state index contributed by atoms with van der Waals surface area (Å²) in [5.41, 5.74) is 3.30. The number of amides is 1. The maximum Gasteiger partial charge on any atom is 0.271 e. The molecule has 0 saturated carbocycles. The van der Waals surface area contributed by atoms with E-state index in [1.807, 2.05) is 48.5 Å².